The molecule has 0 fully saturated rings. The second-order valence-electron chi connectivity index (χ2n) is 6.18. The molecule has 3 rings (SSSR count). The minimum absolute atomic E-state index is 0.0173. The van der Waals surface area contributed by atoms with Crippen LogP contribution in [0.4, 0.5) is 0 Å². The number of carbonyl (C=O) groups is 1. The van der Waals surface area contributed by atoms with Crippen molar-refractivity contribution in [2.24, 2.45) is 0 Å². The van der Waals surface area contributed by atoms with Crippen molar-refractivity contribution in [1.29, 1.82) is 0 Å². The number of fused-ring (bicyclic) bond motifs is 1. The molecular formula is C17H24N4OS. The van der Waals surface area contributed by atoms with E-state index in [1.54, 1.807) is 11.3 Å². The Morgan fingerprint density at radius 2 is 2.22 bits per heavy atom. The highest BCUT2D eigenvalue weighted by Gasteiger charge is 2.21. The van der Waals surface area contributed by atoms with E-state index < -0.39 is 0 Å². The van der Waals surface area contributed by atoms with Crippen LogP contribution in [0.25, 0.3) is 0 Å². The van der Waals surface area contributed by atoms with E-state index in [1.807, 2.05) is 13.0 Å². The van der Waals surface area contributed by atoms with E-state index in [4.69, 9.17) is 0 Å². The van der Waals surface area contributed by atoms with Gasteiger partial charge in [-0.05, 0) is 44.7 Å². The van der Waals surface area contributed by atoms with E-state index in [2.05, 4.69) is 33.9 Å². The SMILES string of the molecule is CCc1cc(C(=O)NC(C)c2nnc3n2CCCCC3)sc1C. The Hall–Kier alpha value is -1.69. The topological polar surface area (TPSA) is 59.8 Å². The highest BCUT2D eigenvalue weighted by Crippen LogP contribution is 2.23. The van der Waals surface area contributed by atoms with Crippen LogP contribution in [0.2, 0.25) is 0 Å². The molecule has 1 unspecified atom stereocenters. The molecule has 0 radical (unpaired) electrons. The van der Waals surface area contributed by atoms with Crippen LogP contribution >= 0.6 is 11.3 Å². The van der Waals surface area contributed by atoms with Crippen molar-refractivity contribution in [2.75, 3.05) is 0 Å². The van der Waals surface area contributed by atoms with Gasteiger partial charge in [-0.25, -0.2) is 0 Å². The van der Waals surface area contributed by atoms with E-state index in [1.165, 1.54) is 23.3 Å². The molecule has 6 heteroatoms. The van der Waals surface area contributed by atoms with Gasteiger partial charge in [0, 0.05) is 17.8 Å². The lowest BCUT2D eigenvalue weighted by Gasteiger charge is -2.14. The molecule has 1 aliphatic heterocycles. The van der Waals surface area contributed by atoms with Crippen LogP contribution in [0, 0.1) is 6.92 Å². The van der Waals surface area contributed by atoms with Gasteiger partial charge in [0.2, 0.25) is 0 Å². The van der Waals surface area contributed by atoms with Crippen LogP contribution in [0.3, 0.4) is 0 Å². The van der Waals surface area contributed by atoms with Gasteiger partial charge in [0.05, 0.1) is 10.9 Å². The number of thiophene rings is 1. The molecule has 0 spiro atoms. The van der Waals surface area contributed by atoms with Gasteiger partial charge in [-0.15, -0.1) is 21.5 Å². The first kappa shape index (κ1) is 16.2. The first-order valence-corrected chi connectivity index (χ1v) is 9.24. The van der Waals surface area contributed by atoms with Crippen LogP contribution in [0.1, 0.15) is 70.9 Å². The molecule has 124 valence electrons. The normalized spacial score (nSPS) is 15.8. The molecule has 5 nitrogen and oxygen atoms in total. The third-order valence-electron chi connectivity index (χ3n) is 4.50. The lowest BCUT2D eigenvalue weighted by molar-refractivity contribution is 0.0941. The fourth-order valence-electron chi connectivity index (χ4n) is 3.14. The Balaban J connectivity index is 1.75. The van der Waals surface area contributed by atoms with Gasteiger partial charge in [0.25, 0.3) is 5.91 Å². The maximum absolute atomic E-state index is 12.5. The monoisotopic (exact) mass is 332 g/mol. The summed E-state index contributed by atoms with van der Waals surface area (Å²) in [7, 11) is 0. The average Bonchev–Trinajstić information content (AvgIpc) is 3.03. The standard InChI is InChI=1S/C17H24N4OS/c1-4-13-10-14(23-12(13)3)17(22)18-11(2)16-20-19-15-8-6-5-7-9-21(15)16/h10-11H,4-9H2,1-3H3,(H,18,22). The molecule has 1 aliphatic rings. The number of amides is 1. The lowest BCUT2D eigenvalue weighted by atomic mass is 10.2. The highest BCUT2D eigenvalue weighted by atomic mass is 32.1. The quantitative estimate of drug-likeness (QED) is 0.933. The predicted octanol–water partition coefficient (Wildman–Crippen LogP) is 3.43. The molecule has 0 saturated carbocycles. The summed E-state index contributed by atoms with van der Waals surface area (Å²) in [6.07, 6.45) is 5.51. The van der Waals surface area contributed by atoms with Crippen LogP contribution < -0.4 is 5.32 Å². The maximum atomic E-state index is 12.5. The summed E-state index contributed by atoms with van der Waals surface area (Å²) in [5.74, 6) is 1.91. The molecule has 2 aromatic heterocycles. The first-order chi connectivity index (χ1) is 11.1. The zero-order valence-electron chi connectivity index (χ0n) is 14.1. The molecule has 1 atom stereocenters. The predicted molar refractivity (Wildman–Crippen MR) is 91.9 cm³/mol. The molecule has 1 amide bonds. The second-order valence-corrected chi connectivity index (χ2v) is 7.43. The van der Waals surface area contributed by atoms with E-state index in [0.29, 0.717) is 0 Å². The van der Waals surface area contributed by atoms with Crippen molar-refractivity contribution in [3.05, 3.63) is 33.0 Å². The minimum Gasteiger partial charge on any atom is -0.342 e. The van der Waals surface area contributed by atoms with Crippen LogP contribution in [-0.2, 0) is 19.4 Å². The summed E-state index contributed by atoms with van der Waals surface area (Å²) in [6.45, 7) is 7.13. The van der Waals surface area contributed by atoms with Crippen molar-refractivity contribution in [2.45, 2.75) is 65.5 Å². The number of nitrogens with one attached hydrogen (secondary N) is 1. The highest BCUT2D eigenvalue weighted by molar-refractivity contribution is 7.14. The van der Waals surface area contributed by atoms with E-state index in [-0.39, 0.29) is 11.9 Å². The van der Waals surface area contributed by atoms with Gasteiger partial charge >= 0.3 is 0 Å². The number of rotatable bonds is 4. The Bertz CT molecular complexity index is 704. The summed E-state index contributed by atoms with van der Waals surface area (Å²) >= 11 is 1.56. The smallest absolute Gasteiger partial charge is 0.261 e. The van der Waals surface area contributed by atoms with Crippen LogP contribution in [0.5, 0.6) is 0 Å². The molecule has 0 bridgehead atoms. The summed E-state index contributed by atoms with van der Waals surface area (Å²) in [5.41, 5.74) is 1.25. The van der Waals surface area contributed by atoms with E-state index in [9.17, 15) is 4.79 Å². The number of nitrogens with zero attached hydrogens (tertiary/aromatic N) is 3. The van der Waals surface area contributed by atoms with Gasteiger partial charge in [-0.1, -0.05) is 13.3 Å². The summed E-state index contributed by atoms with van der Waals surface area (Å²) < 4.78 is 2.19. The Morgan fingerprint density at radius 3 is 2.96 bits per heavy atom. The molecular weight excluding hydrogens is 308 g/mol. The molecule has 2 aromatic rings. The zero-order valence-corrected chi connectivity index (χ0v) is 14.9. The van der Waals surface area contributed by atoms with Gasteiger partial charge in [0.15, 0.2) is 5.82 Å². The third kappa shape index (κ3) is 3.32. The van der Waals surface area contributed by atoms with Gasteiger partial charge < -0.3 is 9.88 Å². The zero-order chi connectivity index (χ0) is 16.4. The van der Waals surface area contributed by atoms with Crippen molar-refractivity contribution in [3.8, 4) is 0 Å². The molecule has 1 N–H and O–H groups in total. The van der Waals surface area contributed by atoms with Gasteiger partial charge in [0.1, 0.15) is 5.82 Å². The third-order valence-corrected chi connectivity index (χ3v) is 5.59. The van der Waals surface area contributed by atoms with Crippen LogP contribution in [-0.4, -0.2) is 20.7 Å². The maximum Gasteiger partial charge on any atom is 0.261 e. The van der Waals surface area contributed by atoms with E-state index >= 15 is 0 Å². The lowest BCUT2D eigenvalue weighted by Crippen LogP contribution is -2.28. The number of aryl methyl sites for hydroxylation is 3. The molecule has 0 saturated heterocycles. The second kappa shape index (κ2) is 6.83. The summed E-state index contributed by atoms with van der Waals surface area (Å²) in [6, 6.07) is 1.88. The number of carbonyl (C=O) groups excluding carboxylic acids is 1. The number of hydrogen-bond donors (Lipinski definition) is 1. The van der Waals surface area contributed by atoms with Crippen molar-refractivity contribution < 1.29 is 4.79 Å². The van der Waals surface area contributed by atoms with Crippen molar-refractivity contribution in [3.63, 3.8) is 0 Å². The fraction of sp³-hybridized carbons (Fsp3) is 0.588. The Labute approximate surface area is 141 Å². The molecule has 3 heterocycles. The summed E-state index contributed by atoms with van der Waals surface area (Å²) in [5, 5.41) is 11.7. The van der Waals surface area contributed by atoms with Gasteiger partial charge in [-0.3, -0.25) is 4.79 Å². The van der Waals surface area contributed by atoms with Crippen LogP contribution in [0.15, 0.2) is 6.07 Å². The fourth-order valence-corrected chi connectivity index (χ4v) is 4.16. The number of aromatic nitrogens is 3. The largest absolute Gasteiger partial charge is 0.342 e. The molecule has 0 aromatic carbocycles. The molecule has 23 heavy (non-hydrogen) atoms. The Kier molecular flexibility index (Phi) is 4.80. The van der Waals surface area contributed by atoms with Crippen molar-refractivity contribution >= 4 is 17.2 Å². The number of hydrogen-bond acceptors (Lipinski definition) is 4. The summed E-state index contributed by atoms with van der Waals surface area (Å²) in [4.78, 5) is 14.5. The average molecular weight is 332 g/mol. The van der Waals surface area contributed by atoms with E-state index in [0.717, 1.165) is 42.3 Å². The van der Waals surface area contributed by atoms with Crippen molar-refractivity contribution in [1.82, 2.24) is 20.1 Å². The van der Waals surface area contributed by atoms with Gasteiger partial charge in [-0.2, -0.15) is 0 Å². The first-order valence-electron chi connectivity index (χ1n) is 8.42. The molecule has 0 aliphatic carbocycles. The minimum atomic E-state index is -0.130. The Morgan fingerprint density at radius 1 is 1.39 bits per heavy atom.